The third-order valence-electron chi connectivity index (χ3n) is 4.75. The van der Waals surface area contributed by atoms with E-state index in [0.717, 1.165) is 31.7 Å². The highest BCUT2D eigenvalue weighted by Gasteiger charge is 2.19. The van der Waals surface area contributed by atoms with E-state index in [4.69, 9.17) is 0 Å². The molecule has 2 heterocycles. The molecule has 1 amide bonds. The highest BCUT2D eigenvalue weighted by molar-refractivity contribution is 5.94. The second-order valence-electron chi connectivity index (χ2n) is 6.87. The van der Waals surface area contributed by atoms with Crippen molar-refractivity contribution in [3.63, 3.8) is 0 Å². The monoisotopic (exact) mass is 341 g/mol. The Bertz CT molecular complexity index is 699. The smallest absolute Gasteiger partial charge is 0.251 e. The van der Waals surface area contributed by atoms with Gasteiger partial charge in [-0.25, -0.2) is 0 Å². The zero-order valence-electron chi connectivity index (χ0n) is 15.3. The highest BCUT2D eigenvalue weighted by Crippen LogP contribution is 2.18. The quantitative estimate of drug-likeness (QED) is 0.902. The Labute approximate surface area is 149 Å². The lowest BCUT2D eigenvalue weighted by atomic mass is 10.1. The van der Waals surface area contributed by atoms with Gasteiger partial charge in [0.2, 0.25) is 0 Å². The highest BCUT2D eigenvalue weighted by atomic mass is 16.1. The number of hydrogen-bond acceptors (Lipinski definition) is 4. The van der Waals surface area contributed by atoms with Crippen LogP contribution in [0.1, 0.15) is 29.8 Å². The van der Waals surface area contributed by atoms with Crippen LogP contribution in [0.5, 0.6) is 0 Å². The summed E-state index contributed by atoms with van der Waals surface area (Å²) in [5.74, 6) is -0.0555. The summed E-state index contributed by atoms with van der Waals surface area (Å²) in [6, 6.07) is 8.51. The maximum absolute atomic E-state index is 12.3. The van der Waals surface area contributed by atoms with E-state index in [1.54, 1.807) is 10.9 Å². The second kappa shape index (κ2) is 7.70. The molecule has 1 aromatic heterocycles. The summed E-state index contributed by atoms with van der Waals surface area (Å²) in [6.07, 6.45) is 3.67. The zero-order chi connectivity index (χ0) is 17.8. The van der Waals surface area contributed by atoms with E-state index in [0.29, 0.717) is 18.2 Å². The van der Waals surface area contributed by atoms with Crippen molar-refractivity contribution in [1.29, 1.82) is 0 Å². The largest absolute Gasteiger partial charge is 0.369 e. The molecule has 1 aliphatic rings. The van der Waals surface area contributed by atoms with Gasteiger partial charge in [-0.3, -0.25) is 14.4 Å². The van der Waals surface area contributed by atoms with Crippen molar-refractivity contribution in [3.8, 4) is 0 Å². The van der Waals surface area contributed by atoms with Crippen LogP contribution in [-0.4, -0.2) is 52.8 Å². The molecule has 0 bridgehead atoms. The van der Waals surface area contributed by atoms with Gasteiger partial charge in [0.15, 0.2) is 0 Å². The van der Waals surface area contributed by atoms with Gasteiger partial charge in [-0.05, 0) is 38.1 Å². The van der Waals surface area contributed by atoms with Gasteiger partial charge in [0.1, 0.15) is 0 Å². The average molecular weight is 341 g/mol. The minimum absolute atomic E-state index is 0.0555. The Balaban J connectivity index is 1.54. The Kier molecular flexibility index (Phi) is 5.38. The average Bonchev–Trinajstić information content (AvgIpc) is 3.05. The number of hydrogen-bond donors (Lipinski definition) is 1. The minimum Gasteiger partial charge on any atom is -0.369 e. The molecule has 2 aromatic rings. The van der Waals surface area contributed by atoms with Gasteiger partial charge in [0, 0.05) is 68.8 Å². The molecule has 0 spiro atoms. The van der Waals surface area contributed by atoms with Crippen molar-refractivity contribution >= 4 is 11.6 Å². The van der Waals surface area contributed by atoms with Crippen LogP contribution in [0.3, 0.4) is 0 Å². The molecular formula is C19H27N5O. The van der Waals surface area contributed by atoms with E-state index >= 15 is 0 Å². The summed E-state index contributed by atoms with van der Waals surface area (Å²) >= 11 is 0. The number of carbonyl (C=O) groups excluding carboxylic acids is 1. The molecule has 6 heteroatoms. The summed E-state index contributed by atoms with van der Waals surface area (Å²) in [4.78, 5) is 17.2. The summed E-state index contributed by atoms with van der Waals surface area (Å²) < 4.78 is 1.73. The van der Waals surface area contributed by atoms with Crippen LogP contribution in [-0.2, 0) is 13.6 Å². The Hall–Kier alpha value is -2.34. The molecule has 0 radical (unpaired) electrons. The minimum atomic E-state index is -0.0555. The van der Waals surface area contributed by atoms with Gasteiger partial charge in [0.25, 0.3) is 5.91 Å². The summed E-state index contributed by atoms with van der Waals surface area (Å²) in [5.41, 5.74) is 2.87. The predicted octanol–water partition coefficient (Wildman–Crippen LogP) is 1.88. The number of piperazine rings is 1. The third kappa shape index (κ3) is 4.39. The molecule has 0 unspecified atom stereocenters. The van der Waals surface area contributed by atoms with Crippen LogP contribution in [0.15, 0.2) is 36.7 Å². The van der Waals surface area contributed by atoms with Crippen LogP contribution in [0, 0.1) is 0 Å². The number of anilines is 1. The predicted molar refractivity (Wildman–Crippen MR) is 99.7 cm³/mol. The molecule has 25 heavy (non-hydrogen) atoms. The Morgan fingerprint density at radius 3 is 2.40 bits per heavy atom. The molecule has 1 fully saturated rings. The first kappa shape index (κ1) is 17.5. The number of carbonyl (C=O) groups is 1. The van der Waals surface area contributed by atoms with Crippen molar-refractivity contribution in [3.05, 3.63) is 47.8 Å². The van der Waals surface area contributed by atoms with Crippen molar-refractivity contribution in [2.75, 3.05) is 31.1 Å². The standard InChI is InChI=1S/C19H27N5O/c1-15(2)23-8-10-24(11-9-23)18-6-4-17(5-7-18)19(25)20-12-16-13-21-22(3)14-16/h4-7,13-15H,8-12H2,1-3H3,(H,20,25). The Morgan fingerprint density at radius 1 is 1.16 bits per heavy atom. The maximum Gasteiger partial charge on any atom is 0.251 e. The number of rotatable bonds is 5. The number of amides is 1. The van der Waals surface area contributed by atoms with Crippen LogP contribution < -0.4 is 10.2 Å². The van der Waals surface area contributed by atoms with E-state index in [-0.39, 0.29) is 5.91 Å². The molecule has 134 valence electrons. The van der Waals surface area contributed by atoms with Gasteiger partial charge in [-0.2, -0.15) is 5.10 Å². The number of benzene rings is 1. The molecule has 0 saturated carbocycles. The first-order valence-electron chi connectivity index (χ1n) is 8.87. The van der Waals surface area contributed by atoms with Crippen molar-refractivity contribution in [1.82, 2.24) is 20.0 Å². The van der Waals surface area contributed by atoms with Crippen LogP contribution in [0.25, 0.3) is 0 Å². The molecule has 0 atom stereocenters. The topological polar surface area (TPSA) is 53.4 Å². The fraction of sp³-hybridized carbons (Fsp3) is 0.474. The molecule has 1 aliphatic heterocycles. The molecule has 1 aromatic carbocycles. The maximum atomic E-state index is 12.3. The van der Waals surface area contributed by atoms with Gasteiger partial charge < -0.3 is 10.2 Å². The first-order valence-corrected chi connectivity index (χ1v) is 8.87. The third-order valence-corrected chi connectivity index (χ3v) is 4.75. The van der Waals surface area contributed by atoms with Crippen LogP contribution in [0.2, 0.25) is 0 Å². The molecule has 1 N–H and O–H groups in total. The summed E-state index contributed by atoms with van der Waals surface area (Å²) in [7, 11) is 1.87. The first-order chi connectivity index (χ1) is 12.0. The normalized spacial score (nSPS) is 15.6. The van der Waals surface area contributed by atoms with Crippen LogP contribution >= 0.6 is 0 Å². The fourth-order valence-corrected chi connectivity index (χ4v) is 3.17. The lowest BCUT2D eigenvalue weighted by Crippen LogP contribution is -2.48. The lowest BCUT2D eigenvalue weighted by Gasteiger charge is -2.38. The van der Waals surface area contributed by atoms with Gasteiger partial charge in [0.05, 0.1) is 6.20 Å². The number of nitrogens with one attached hydrogen (secondary N) is 1. The van der Waals surface area contributed by atoms with Gasteiger partial charge in [-0.15, -0.1) is 0 Å². The van der Waals surface area contributed by atoms with Crippen molar-refractivity contribution in [2.24, 2.45) is 7.05 Å². The molecular weight excluding hydrogens is 314 g/mol. The van der Waals surface area contributed by atoms with Crippen molar-refractivity contribution in [2.45, 2.75) is 26.4 Å². The number of nitrogens with zero attached hydrogens (tertiary/aromatic N) is 4. The van der Waals surface area contributed by atoms with Gasteiger partial charge in [-0.1, -0.05) is 0 Å². The molecule has 0 aliphatic carbocycles. The van der Waals surface area contributed by atoms with E-state index < -0.39 is 0 Å². The second-order valence-corrected chi connectivity index (χ2v) is 6.87. The van der Waals surface area contributed by atoms with E-state index in [1.165, 1.54) is 5.69 Å². The molecule has 3 rings (SSSR count). The molecule has 1 saturated heterocycles. The zero-order valence-corrected chi connectivity index (χ0v) is 15.3. The lowest BCUT2D eigenvalue weighted by molar-refractivity contribution is 0.0951. The fourth-order valence-electron chi connectivity index (χ4n) is 3.17. The van der Waals surface area contributed by atoms with E-state index in [9.17, 15) is 4.79 Å². The van der Waals surface area contributed by atoms with E-state index in [2.05, 4.69) is 34.1 Å². The molecule has 6 nitrogen and oxygen atoms in total. The summed E-state index contributed by atoms with van der Waals surface area (Å²) in [6.45, 7) is 9.22. The number of aryl methyl sites for hydroxylation is 1. The van der Waals surface area contributed by atoms with E-state index in [1.807, 2.05) is 37.5 Å². The van der Waals surface area contributed by atoms with Gasteiger partial charge >= 0.3 is 0 Å². The van der Waals surface area contributed by atoms with Crippen molar-refractivity contribution < 1.29 is 4.79 Å². The SMILES string of the molecule is CC(C)N1CCN(c2ccc(C(=O)NCc3cnn(C)c3)cc2)CC1. The number of aromatic nitrogens is 2. The van der Waals surface area contributed by atoms with Crippen LogP contribution in [0.4, 0.5) is 5.69 Å². The summed E-state index contributed by atoms with van der Waals surface area (Å²) in [5, 5.41) is 7.04. The Morgan fingerprint density at radius 2 is 1.84 bits per heavy atom.